The van der Waals surface area contributed by atoms with Crippen LogP contribution in [-0.2, 0) is 5.88 Å². The van der Waals surface area contributed by atoms with Gasteiger partial charge in [-0.25, -0.2) is 4.98 Å². The molecule has 1 aliphatic rings. The standard InChI is InChI=1S/C17H19ClN2/c1-13-9-14(10-18)11-19-17(13)20-8-7-16(12-20)15-5-3-2-4-6-15/h2-6,9,11,16H,7-8,10,12H2,1H3. The van der Waals surface area contributed by atoms with Crippen LogP contribution in [0.3, 0.4) is 0 Å². The van der Waals surface area contributed by atoms with Crippen molar-refractivity contribution in [1.82, 2.24) is 4.98 Å². The average Bonchev–Trinajstić information content (AvgIpc) is 2.97. The number of hydrogen-bond donors (Lipinski definition) is 0. The van der Waals surface area contributed by atoms with E-state index >= 15 is 0 Å². The first-order chi connectivity index (χ1) is 9.78. The number of aromatic nitrogens is 1. The molecular formula is C17H19ClN2. The van der Waals surface area contributed by atoms with Gasteiger partial charge in [0.25, 0.3) is 0 Å². The fraction of sp³-hybridized carbons (Fsp3) is 0.353. The second kappa shape index (κ2) is 5.84. The number of anilines is 1. The van der Waals surface area contributed by atoms with Crippen LogP contribution in [0, 0.1) is 6.92 Å². The predicted molar refractivity (Wildman–Crippen MR) is 84.5 cm³/mol. The Morgan fingerprint density at radius 3 is 2.80 bits per heavy atom. The summed E-state index contributed by atoms with van der Waals surface area (Å²) < 4.78 is 0. The molecule has 20 heavy (non-hydrogen) atoms. The third-order valence-corrected chi connectivity index (χ3v) is 4.33. The number of rotatable bonds is 3. The van der Waals surface area contributed by atoms with Gasteiger partial charge in [0.2, 0.25) is 0 Å². The van der Waals surface area contributed by atoms with Crippen molar-refractivity contribution in [2.75, 3.05) is 18.0 Å². The molecule has 104 valence electrons. The van der Waals surface area contributed by atoms with E-state index in [1.165, 1.54) is 17.5 Å². The summed E-state index contributed by atoms with van der Waals surface area (Å²) in [4.78, 5) is 6.99. The van der Waals surface area contributed by atoms with Crippen LogP contribution in [0.4, 0.5) is 5.82 Å². The molecule has 0 amide bonds. The molecule has 1 fully saturated rings. The van der Waals surface area contributed by atoms with Crippen molar-refractivity contribution < 1.29 is 0 Å². The summed E-state index contributed by atoms with van der Waals surface area (Å²) in [6.07, 6.45) is 3.09. The molecule has 0 radical (unpaired) electrons. The smallest absolute Gasteiger partial charge is 0.131 e. The highest BCUT2D eigenvalue weighted by atomic mass is 35.5. The van der Waals surface area contributed by atoms with Gasteiger partial charge in [-0.3, -0.25) is 0 Å². The molecule has 1 aromatic heterocycles. The SMILES string of the molecule is Cc1cc(CCl)cnc1N1CCC(c2ccccc2)C1. The first-order valence-electron chi connectivity index (χ1n) is 7.09. The third-order valence-electron chi connectivity index (χ3n) is 4.02. The molecule has 1 saturated heterocycles. The van der Waals surface area contributed by atoms with Crippen molar-refractivity contribution in [3.63, 3.8) is 0 Å². The molecule has 2 heterocycles. The predicted octanol–water partition coefficient (Wildman–Crippen LogP) is 4.12. The molecule has 1 unspecified atom stereocenters. The zero-order chi connectivity index (χ0) is 13.9. The van der Waals surface area contributed by atoms with Crippen LogP contribution in [-0.4, -0.2) is 18.1 Å². The number of pyridine rings is 1. The van der Waals surface area contributed by atoms with Gasteiger partial charge in [0.15, 0.2) is 0 Å². The highest BCUT2D eigenvalue weighted by Crippen LogP contribution is 2.31. The lowest BCUT2D eigenvalue weighted by Crippen LogP contribution is -2.21. The summed E-state index contributed by atoms with van der Waals surface area (Å²) in [7, 11) is 0. The maximum atomic E-state index is 5.86. The Morgan fingerprint density at radius 1 is 1.30 bits per heavy atom. The van der Waals surface area contributed by atoms with Crippen LogP contribution < -0.4 is 4.90 Å². The lowest BCUT2D eigenvalue weighted by atomic mass is 9.99. The Morgan fingerprint density at radius 2 is 2.10 bits per heavy atom. The fourth-order valence-electron chi connectivity index (χ4n) is 2.98. The van der Waals surface area contributed by atoms with Crippen molar-refractivity contribution >= 4 is 17.4 Å². The van der Waals surface area contributed by atoms with Gasteiger partial charge in [-0.1, -0.05) is 30.3 Å². The minimum Gasteiger partial charge on any atom is -0.356 e. The van der Waals surface area contributed by atoms with Crippen LogP contribution in [0.1, 0.15) is 29.0 Å². The lowest BCUT2D eigenvalue weighted by Gasteiger charge is -2.20. The number of benzene rings is 1. The Labute approximate surface area is 125 Å². The van der Waals surface area contributed by atoms with E-state index in [1.807, 2.05) is 6.20 Å². The van der Waals surface area contributed by atoms with Crippen molar-refractivity contribution in [3.8, 4) is 0 Å². The summed E-state index contributed by atoms with van der Waals surface area (Å²) in [6.45, 7) is 4.25. The summed E-state index contributed by atoms with van der Waals surface area (Å²) >= 11 is 5.86. The van der Waals surface area contributed by atoms with E-state index < -0.39 is 0 Å². The Kier molecular flexibility index (Phi) is 3.93. The Hall–Kier alpha value is -1.54. The van der Waals surface area contributed by atoms with Gasteiger partial charge in [-0.05, 0) is 36.1 Å². The van der Waals surface area contributed by atoms with Gasteiger partial charge in [0.1, 0.15) is 5.82 Å². The van der Waals surface area contributed by atoms with Gasteiger partial charge >= 0.3 is 0 Å². The molecule has 0 saturated carbocycles. The number of alkyl halides is 1. The van der Waals surface area contributed by atoms with Gasteiger partial charge in [0.05, 0.1) is 0 Å². The number of hydrogen-bond acceptors (Lipinski definition) is 2. The maximum Gasteiger partial charge on any atom is 0.131 e. The monoisotopic (exact) mass is 286 g/mol. The molecule has 1 aliphatic heterocycles. The van der Waals surface area contributed by atoms with E-state index in [-0.39, 0.29) is 0 Å². The number of aryl methyl sites for hydroxylation is 1. The van der Waals surface area contributed by atoms with Crippen molar-refractivity contribution in [2.45, 2.75) is 25.1 Å². The topological polar surface area (TPSA) is 16.1 Å². The van der Waals surface area contributed by atoms with E-state index in [9.17, 15) is 0 Å². The zero-order valence-corrected chi connectivity index (χ0v) is 12.5. The number of halogens is 1. The molecule has 0 spiro atoms. The van der Waals surface area contributed by atoms with E-state index in [4.69, 9.17) is 11.6 Å². The van der Waals surface area contributed by atoms with E-state index in [0.717, 1.165) is 24.5 Å². The summed E-state index contributed by atoms with van der Waals surface area (Å²) in [5, 5.41) is 0. The van der Waals surface area contributed by atoms with Gasteiger partial charge < -0.3 is 4.90 Å². The minimum atomic E-state index is 0.529. The van der Waals surface area contributed by atoms with E-state index in [1.54, 1.807) is 0 Å². The van der Waals surface area contributed by atoms with Crippen molar-refractivity contribution in [3.05, 3.63) is 59.3 Å². The summed E-state index contributed by atoms with van der Waals surface area (Å²) in [6, 6.07) is 12.9. The first-order valence-corrected chi connectivity index (χ1v) is 7.63. The first kappa shape index (κ1) is 13.4. The molecule has 0 bridgehead atoms. The molecule has 0 aliphatic carbocycles. The highest BCUT2D eigenvalue weighted by Gasteiger charge is 2.25. The molecule has 1 aromatic carbocycles. The highest BCUT2D eigenvalue weighted by molar-refractivity contribution is 6.17. The molecule has 2 aromatic rings. The largest absolute Gasteiger partial charge is 0.356 e. The normalized spacial score (nSPS) is 18.5. The van der Waals surface area contributed by atoms with E-state index in [0.29, 0.717) is 11.8 Å². The van der Waals surface area contributed by atoms with Gasteiger partial charge in [-0.2, -0.15) is 0 Å². The van der Waals surface area contributed by atoms with E-state index in [2.05, 4.69) is 53.2 Å². The van der Waals surface area contributed by atoms with Gasteiger partial charge in [-0.15, -0.1) is 11.6 Å². The Bertz CT molecular complexity index is 583. The maximum absolute atomic E-state index is 5.86. The van der Waals surface area contributed by atoms with Crippen LogP contribution in [0.5, 0.6) is 0 Å². The van der Waals surface area contributed by atoms with Crippen LogP contribution in [0.15, 0.2) is 42.6 Å². The average molecular weight is 287 g/mol. The van der Waals surface area contributed by atoms with Crippen molar-refractivity contribution in [2.24, 2.45) is 0 Å². The van der Waals surface area contributed by atoms with Gasteiger partial charge in [0, 0.05) is 31.1 Å². The summed E-state index contributed by atoms with van der Waals surface area (Å²) in [5.41, 5.74) is 3.74. The Balaban J connectivity index is 1.77. The molecule has 0 N–H and O–H groups in total. The quantitative estimate of drug-likeness (QED) is 0.789. The molecule has 1 atom stereocenters. The number of nitrogens with zero attached hydrogens (tertiary/aromatic N) is 2. The fourth-order valence-corrected chi connectivity index (χ4v) is 3.13. The third kappa shape index (κ3) is 2.66. The van der Waals surface area contributed by atoms with Crippen molar-refractivity contribution in [1.29, 1.82) is 0 Å². The molecular weight excluding hydrogens is 268 g/mol. The van der Waals surface area contributed by atoms with Crippen LogP contribution in [0.2, 0.25) is 0 Å². The molecule has 3 heteroatoms. The van der Waals surface area contributed by atoms with Crippen LogP contribution in [0.25, 0.3) is 0 Å². The zero-order valence-electron chi connectivity index (χ0n) is 11.7. The second-order valence-corrected chi connectivity index (χ2v) is 5.73. The second-order valence-electron chi connectivity index (χ2n) is 5.46. The minimum absolute atomic E-state index is 0.529. The lowest BCUT2D eigenvalue weighted by molar-refractivity contribution is 0.774. The molecule has 2 nitrogen and oxygen atoms in total. The summed E-state index contributed by atoms with van der Waals surface area (Å²) in [5.74, 6) is 2.25. The van der Waals surface area contributed by atoms with Crippen LogP contribution >= 0.6 is 11.6 Å². The molecule has 3 rings (SSSR count).